The van der Waals surface area contributed by atoms with Crippen LogP contribution in [0.25, 0.3) is 11.3 Å². The number of aromatic amines is 1. The molecule has 2 aromatic carbocycles. The monoisotopic (exact) mass is 374 g/mol. The van der Waals surface area contributed by atoms with Crippen molar-refractivity contribution < 1.29 is 4.79 Å². The fraction of sp³-hybridized carbons (Fsp3) is 0.304. The van der Waals surface area contributed by atoms with E-state index >= 15 is 0 Å². The second-order valence-electron chi connectivity index (χ2n) is 7.57. The first-order valence-electron chi connectivity index (χ1n) is 9.82. The maximum absolute atomic E-state index is 13.0. The molecule has 0 bridgehead atoms. The van der Waals surface area contributed by atoms with E-state index < -0.39 is 0 Å². The average molecular weight is 374 g/mol. The molecule has 2 N–H and O–H groups in total. The highest BCUT2D eigenvalue weighted by Gasteiger charge is 2.22. The molecule has 2 heterocycles. The zero-order valence-corrected chi connectivity index (χ0v) is 16.4. The van der Waals surface area contributed by atoms with Gasteiger partial charge in [-0.2, -0.15) is 5.10 Å². The number of carbonyl (C=O) groups is 1. The van der Waals surface area contributed by atoms with Gasteiger partial charge in [0, 0.05) is 36.9 Å². The van der Waals surface area contributed by atoms with Crippen LogP contribution in [0.5, 0.6) is 0 Å². The van der Waals surface area contributed by atoms with E-state index in [9.17, 15) is 4.79 Å². The number of hydrogen-bond donors (Lipinski definition) is 2. The molecular formula is C23H26N4O. The van der Waals surface area contributed by atoms with E-state index in [4.69, 9.17) is 0 Å². The van der Waals surface area contributed by atoms with Crippen LogP contribution in [0.15, 0.2) is 54.6 Å². The van der Waals surface area contributed by atoms with Crippen LogP contribution in [0.1, 0.15) is 34.1 Å². The number of hydrogen-bond acceptors (Lipinski definition) is 3. The van der Waals surface area contributed by atoms with Gasteiger partial charge in [0.25, 0.3) is 5.91 Å². The molecule has 0 spiro atoms. The van der Waals surface area contributed by atoms with E-state index in [1.54, 1.807) is 0 Å². The molecule has 0 aliphatic carbocycles. The number of fused-ring (bicyclic) bond motifs is 1. The molecule has 1 aliphatic heterocycles. The van der Waals surface area contributed by atoms with E-state index in [1.807, 2.05) is 37.3 Å². The Morgan fingerprint density at radius 2 is 1.86 bits per heavy atom. The molecule has 1 aliphatic rings. The number of H-pyrrole nitrogens is 1. The van der Waals surface area contributed by atoms with Crippen molar-refractivity contribution in [3.8, 4) is 11.3 Å². The lowest BCUT2D eigenvalue weighted by atomic mass is 9.99. The summed E-state index contributed by atoms with van der Waals surface area (Å²) in [5.74, 6) is -0.0741. The third-order valence-electron chi connectivity index (χ3n) is 5.34. The highest BCUT2D eigenvalue weighted by Crippen LogP contribution is 2.23. The zero-order valence-electron chi connectivity index (χ0n) is 16.4. The van der Waals surface area contributed by atoms with Crippen molar-refractivity contribution in [2.24, 2.45) is 0 Å². The second-order valence-corrected chi connectivity index (χ2v) is 7.57. The normalized spacial score (nSPS) is 15.1. The summed E-state index contributed by atoms with van der Waals surface area (Å²) in [6, 6.07) is 18.5. The number of aryl methyl sites for hydroxylation is 1. The Morgan fingerprint density at radius 3 is 2.64 bits per heavy atom. The van der Waals surface area contributed by atoms with Crippen LogP contribution in [0.2, 0.25) is 0 Å². The van der Waals surface area contributed by atoms with E-state index in [0.717, 1.165) is 37.3 Å². The molecule has 144 valence electrons. The van der Waals surface area contributed by atoms with Crippen molar-refractivity contribution >= 4 is 5.91 Å². The number of nitrogens with zero attached hydrogens (tertiary/aromatic N) is 2. The molecule has 1 aromatic heterocycles. The molecular weight excluding hydrogens is 348 g/mol. The van der Waals surface area contributed by atoms with Crippen LogP contribution in [-0.4, -0.2) is 40.1 Å². The largest absolute Gasteiger partial charge is 0.348 e. The van der Waals surface area contributed by atoms with Crippen molar-refractivity contribution in [2.45, 2.75) is 32.9 Å². The van der Waals surface area contributed by atoms with Crippen molar-refractivity contribution in [1.82, 2.24) is 20.4 Å². The number of aromatic nitrogens is 2. The Hall–Kier alpha value is -2.92. The van der Waals surface area contributed by atoms with E-state index in [-0.39, 0.29) is 11.9 Å². The quantitative estimate of drug-likeness (QED) is 0.718. The molecule has 1 amide bonds. The molecule has 28 heavy (non-hydrogen) atoms. The first kappa shape index (κ1) is 18.4. The number of rotatable bonds is 5. The predicted octanol–water partition coefficient (Wildman–Crippen LogP) is 3.56. The van der Waals surface area contributed by atoms with Crippen LogP contribution in [-0.2, 0) is 13.0 Å². The fourth-order valence-corrected chi connectivity index (χ4v) is 3.95. The Labute approximate surface area is 165 Å². The molecule has 0 saturated heterocycles. The smallest absolute Gasteiger partial charge is 0.255 e. The highest BCUT2D eigenvalue weighted by molar-refractivity contribution is 6.01. The Morgan fingerprint density at radius 1 is 1.14 bits per heavy atom. The summed E-state index contributed by atoms with van der Waals surface area (Å²) in [6.45, 7) is 6.75. The van der Waals surface area contributed by atoms with Crippen LogP contribution in [0.3, 0.4) is 0 Å². The van der Waals surface area contributed by atoms with Gasteiger partial charge in [-0.1, -0.05) is 54.6 Å². The van der Waals surface area contributed by atoms with Gasteiger partial charge in [0.05, 0.1) is 5.56 Å². The zero-order chi connectivity index (χ0) is 19.5. The van der Waals surface area contributed by atoms with E-state index in [2.05, 4.69) is 51.6 Å². The topological polar surface area (TPSA) is 61.0 Å². The SMILES string of the molecule is Cc1[nH]nc(-c2ccccc2)c1C(=O)NC(C)CN1CCc2ccccc2C1. The van der Waals surface area contributed by atoms with Crippen molar-refractivity contribution in [2.75, 3.05) is 13.1 Å². The predicted molar refractivity (Wildman–Crippen MR) is 111 cm³/mol. The molecule has 0 saturated carbocycles. The maximum Gasteiger partial charge on any atom is 0.255 e. The van der Waals surface area contributed by atoms with Crippen molar-refractivity contribution in [3.63, 3.8) is 0 Å². The van der Waals surface area contributed by atoms with Gasteiger partial charge in [-0.15, -0.1) is 0 Å². The lowest BCUT2D eigenvalue weighted by molar-refractivity contribution is 0.0927. The molecule has 0 radical (unpaired) electrons. The fourth-order valence-electron chi connectivity index (χ4n) is 3.95. The average Bonchev–Trinajstić information content (AvgIpc) is 3.10. The highest BCUT2D eigenvalue weighted by atomic mass is 16.1. The minimum absolute atomic E-state index is 0.0516. The summed E-state index contributed by atoms with van der Waals surface area (Å²) in [4.78, 5) is 15.4. The number of benzene rings is 2. The molecule has 3 aromatic rings. The van der Waals surface area contributed by atoms with Gasteiger partial charge < -0.3 is 5.32 Å². The van der Waals surface area contributed by atoms with Crippen LogP contribution in [0.4, 0.5) is 0 Å². The first-order chi connectivity index (χ1) is 13.6. The van der Waals surface area contributed by atoms with E-state index in [0.29, 0.717) is 11.3 Å². The number of carbonyl (C=O) groups excluding carboxylic acids is 1. The second kappa shape index (κ2) is 7.98. The summed E-state index contributed by atoms with van der Waals surface area (Å²) < 4.78 is 0. The minimum Gasteiger partial charge on any atom is -0.348 e. The minimum atomic E-state index is -0.0741. The summed E-state index contributed by atoms with van der Waals surface area (Å²) in [5, 5.41) is 10.5. The molecule has 0 fully saturated rings. The lowest BCUT2D eigenvalue weighted by Crippen LogP contribution is -2.43. The van der Waals surface area contributed by atoms with E-state index in [1.165, 1.54) is 11.1 Å². The first-order valence-corrected chi connectivity index (χ1v) is 9.82. The summed E-state index contributed by atoms with van der Waals surface area (Å²) in [7, 11) is 0. The summed E-state index contributed by atoms with van der Waals surface area (Å²) in [6.07, 6.45) is 1.07. The van der Waals surface area contributed by atoms with Crippen LogP contribution in [0, 0.1) is 6.92 Å². The van der Waals surface area contributed by atoms with Crippen molar-refractivity contribution in [3.05, 3.63) is 77.0 Å². The van der Waals surface area contributed by atoms with Gasteiger partial charge in [-0.05, 0) is 31.4 Å². The van der Waals surface area contributed by atoms with Gasteiger partial charge in [0.1, 0.15) is 5.69 Å². The molecule has 5 nitrogen and oxygen atoms in total. The molecule has 4 rings (SSSR count). The van der Waals surface area contributed by atoms with Crippen molar-refractivity contribution in [1.29, 1.82) is 0 Å². The third-order valence-corrected chi connectivity index (χ3v) is 5.34. The number of amides is 1. The standard InChI is InChI=1S/C23H26N4O/c1-16(14-27-13-12-18-8-6-7-11-20(18)15-27)24-23(28)21-17(2)25-26-22(21)19-9-4-3-5-10-19/h3-11,16H,12-15H2,1-2H3,(H,24,28)(H,25,26). The molecule has 5 heteroatoms. The molecule has 1 atom stereocenters. The van der Waals surface area contributed by atoms with Gasteiger partial charge in [0.15, 0.2) is 0 Å². The van der Waals surface area contributed by atoms with Gasteiger partial charge in [-0.3, -0.25) is 14.8 Å². The van der Waals surface area contributed by atoms with Crippen LogP contribution >= 0.6 is 0 Å². The van der Waals surface area contributed by atoms with Crippen LogP contribution < -0.4 is 5.32 Å². The Kier molecular flexibility index (Phi) is 5.26. The van der Waals surface area contributed by atoms with Gasteiger partial charge in [0.2, 0.25) is 0 Å². The Bertz CT molecular complexity index is 964. The summed E-state index contributed by atoms with van der Waals surface area (Å²) in [5.41, 5.74) is 5.89. The third kappa shape index (κ3) is 3.85. The maximum atomic E-state index is 13.0. The number of nitrogens with one attached hydrogen (secondary N) is 2. The Balaban J connectivity index is 1.43. The molecule has 1 unspecified atom stereocenters. The lowest BCUT2D eigenvalue weighted by Gasteiger charge is -2.31. The summed E-state index contributed by atoms with van der Waals surface area (Å²) >= 11 is 0. The van der Waals surface area contributed by atoms with Gasteiger partial charge in [-0.25, -0.2) is 0 Å². The van der Waals surface area contributed by atoms with Gasteiger partial charge >= 0.3 is 0 Å².